The molecule has 0 aromatic carbocycles. The topological polar surface area (TPSA) is 70.0 Å². The lowest BCUT2D eigenvalue weighted by molar-refractivity contribution is -0.129. The van der Waals surface area contributed by atoms with Crippen LogP contribution in [0.4, 0.5) is 0 Å². The van der Waals surface area contributed by atoms with Crippen molar-refractivity contribution in [1.29, 1.82) is 0 Å². The van der Waals surface area contributed by atoms with E-state index in [2.05, 4.69) is 4.99 Å². The zero-order valence-electron chi connectivity index (χ0n) is 11.0. The van der Waals surface area contributed by atoms with E-state index >= 15 is 0 Å². The van der Waals surface area contributed by atoms with Crippen molar-refractivity contribution >= 4 is 28.9 Å². The number of carbonyl (C=O) groups excluding carboxylic acids is 1. The van der Waals surface area contributed by atoms with Gasteiger partial charge in [-0.1, -0.05) is 6.92 Å². The minimum atomic E-state index is -0.914. The molecule has 0 radical (unpaired) electrons. The molecule has 104 valence electrons. The van der Waals surface area contributed by atoms with Crippen LogP contribution in [0, 0.1) is 0 Å². The first kappa shape index (κ1) is 13.1. The van der Waals surface area contributed by atoms with E-state index in [1.807, 2.05) is 11.8 Å². The van der Waals surface area contributed by atoms with Crippen molar-refractivity contribution in [3.63, 3.8) is 0 Å². The number of hydrogen-bond acceptors (Lipinski definition) is 4. The summed E-state index contributed by atoms with van der Waals surface area (Å²) in [5.74, 6) is -0.764. The number of rotatable bonds is 3. The highest BCUT2D eigenvalue weighted by atomic mass is 32.1. The first-order chi connectivity index (χ1) is 9.60. The van der Waals surface area contributed by atoms with Crippen molar-refractivity contribution in [2.45, 2.75) is 13.3 Å². The first-order valence-corrected chi connectivity index (χ1v) is 7.28. The quantitative estimate of drug-likeness (QED) is 0.922. The Morgan fingerprint density at radius 2 is 2.20 bits per heavy atom. The zero-order valence-corrected chi connectivity index (χ0v) is 11.9. The fraction of sp³-hybridized carbons (Fsp3) is 0.357. The average Bonchev–Trinajstić information content (AvgIpc) is 3.11. The van der Waals surface area contributed by atoms with Crippen molar-refractivity contribution in [2.75, 3.05) is 19.6 Å². The maximum atomic E-state index is 11.8. The van der Waals surface area contributed by atoms with E-state index in [9.17, 15) is 9.59 Å². The van der Waals surface area contributed by atoms with Gasteiger partial charge in [0.1, 0.15) is 4.88 Å². The van der Waals surface area contributed by atoms with E-state index in [0.29, 0.717) is 30.9 Å². The van der Waals surface area contributed by atoms with E-state index in [4.69, 9.17) is 5.11 Å². The Labute approximate surface area is 120 Å². The molecule has 1 aromatic heterocycles. The molecule has 0 saturated heterocycles. The number of amides is 1. The third-order valence-corrected chi connectivity index (χ3v) is 4.66. The lowest BCUT2D eigenvalue weighted by Gasteiger charge is -2.16. The SMILES string of the molecule is CCC(=O)N1CC2=C(C1)C(c1ccc(C(=O)O)s1)=NC2. The Morgan fingerprint density at radius 1 is 1.40 bits per heavy atom. The fourth-order valence-corrected chi connectivity index (χ4v) is 3.43. The Morgan fingerprint density at radius 3 is 2.85 bits per heavy atom. The Bertz CT molecular complexity index is 657. The molecule has 0 bridgehead atoms. The summed E-state index contributed by atoms with van der Waals surface area (Å²) < 4.78 is 0. The molecule has 2 aliphatic heterocycles. The van der Waals surface area contributed by atoms with Gasteiger partial charge in [0.05, 0.1) is 17.1 Å². The van der Waals surface area contributed by atoms with Gasteiger partial charge in [-0.25, -0.2) is 4.79 Å². The molecule has 1 aromatic rings. The van der Waals surface area contributed by atoms with Gasteiger partial charge >= 0.3 is 5.97 Å². The summed E-state index contributed by atoms with van der Waals surface area (Å²) in [6.45, 7) is 3.74. The molecular weight excluding hydrogens is 276 g/mol. The van der Waals surface area contributed by atoms with Crippen LogP contribution in [0.1, 0.15) is 27.9 Å². The Balaban J connectivity index is 1.83. The number of carbonyl (C=O) groups is 2. The molecule has 5 nitrogen and oxygen atoms in total. The van der Waals surface area contributed by atoms with Gasteiger partial charge in [0, 0.05) is 25.1 Å². The van der Waals surface area contributed by atoms with Gasteiger partial charge in [-0.3, -0.25) is 9.79 Å². The van der Waals surface area contributed by atoms with Crippen molar-refractivity contribution in [2.24, 2.45) is 4.99 Å². The maximum Gasteiger partial charge on any atom is 0.345 e. The van der Waals surface area contributed by atoms with Gasteiger partial charge in [0.15, 0.2) is 0 Å². The van der Waals surface area contributed by atoms with Crippen LogP contribution in [0.15, 0.2) is 28.3 Å². The van der Waals surface area contributed by atoms with Gasteiger partial charge in [-0.05, 0) is 17.7 Å². The molecule has 3 heterocycles. The van der Waals surface area contributed by atoms with Crippen LogP contribution in [-0.4, -0.2) is 47.2 Å². The number of aliphatic imine (C=N–C) groups is 1. The highest BCUT2D eigenvalue weighted by molar-refractivity contribution is 7.16. The second kappa shape index (κ2) is 4.86. The lowest BCUT2D eigenvalue weighted by atomic mass is 10.1. The van der Waals surface area contributed by atoms with Crippen LogP contribution >= 0.6 is 11.3 Å². The summed E-state index contributed by atoms with van der Waals surface area (Å²) in [4.78, 5) is 30.2. The molecule has 2 aliphatic rings. The van der Waals surface area contributed by atoms with Crippen molar-refractivity contribution in [3.05, 3.63) is 33.0 Å². The molecule has 0 atom stereocenters. The van der Waals surface area contributed by atoms with Crippen LogP contribution in [0.5, 0.6) is 0 Å². The Kier molecular flexibility index (Phi) is 3.17. The molecule has 1 N–H and O–H groups in total. The summed E-state index contributed by atoms with van der Waals surface area (Å²) >= 11 is 1.23. The zero-order chi connectivity index (χ0) is 14.3. The molecule has 0 aliphatic carbocycles. The predicted molar refractivity (Wildman–Crippen MR) is 76.6 cm³/mol. The summed E-state index contributed by atoms with van der Waals surface area (Å²) in [7, 11) is 0. The minimum Gasteiger partial charge on any atom is -0.477 e. The van der Waals surface area contributed by atoms with Crippen LogP contribution in [0.3, 0.4) is 0 Å². The van der Waals surface area contributed by atoms with Crippen molar-refractivity contribution in [3.8, 4) is 0 Å². The number of carboxylic acids is 1. The second-order valence-corrected chi connectivity index (χ2v) is 5.90. The van der Waals surface area contributed by atoms with E-state index in [0.717, 1.165) is 16.2 Å². The van der Waals surface area contributed by atoms with Crippen molar-refractivity contribution in [1.82, 2.24) is 4.90 Å². The average molecular weight is 290 g/mol. The molecule has 0 saturated carbocycles. The van der Waals surface area contributed by atoms with Gasteiger partial charge in [0.25, 0.3) is 0 Å². The second-order valence-electron chi connectivity index (χ2n) is 4.82. The van der Waals surface area contributed by atoms with Gasteiger partial charge < -0.3 is 10.0 Å². The number of nitrogens with zero attached hydrogens (tertiary/aromatic N) is 2. The number of aromatic carboxylic acids is 1. The number of carboxylic acid groups (broad SMARTS) is 1. The fourth-order valence-electron chi connectivity index (χ4n) is 2.55. The van der Waals surface area contributed by atoms with Crippen LogP contribution < -0.4 is 0 Å². The standard InChI is InChI=1S/C14H14N2O3S/c1-2-12(17)16-6-8-5-15-13(9(8)7-16)10-3-4-11(20-10)14(18)19/h3-4H,2,5-7H2,1H3,(H,18,19). The van der Waals surface area contributed by atoms with E-state index in [-0.39, 0.29) is 5.91 Å². The van der Waals surface area contributed by atoms with Gasteiger partial charge in [-0.15, -0.1) is 11.3 Å². The summed E-state index contributed by atoms with van der Waals surface area (Å²) in [6.07, 6.45) is 0.509. The predicted octanol–water partition coefficient (Wildman–Crippen LogP) is 1.80. The number of thiophene rings is 1. The molecule has 6 heteroatoms. The van der Waals surface area contributed by atoms with E-state index < -0.39 is 5.97 Å². The first-order valence-electron chi connectivity index (χ1n) is 6.47. The van der Waals surface area contributed by atoms with Gasteiger partial charge in [-0.2, -0.15) is 0 Å². The monoisotopic (exact) mass is 290 g/mol. The molecule has 20 heavy (non-hydrogen) atoms. The minimum absolute atomic E-state index is 0.149. The molecule has 0 spiro atoms. The van der Waals surface area contributed by atoms with Crippen LogP contribution in [0.25, 0.3) is 0 Å². The molecular formula is C14H14N2O3S. The molecule has 1 amide bonds. The van der Waals surface area contributed by atoms with Gasteiger partial charge in [0.2, 0.25) is 5.91 Å². The molecule has 0 fully saturated rings. The summed E-state index contributed by atoms with van der Waals surface area (Å²) in [6, 6.07) is 3.40. The smallest absolute Gasteiger partial charge is 0.345 e. The normalized spacial score (nSPS) is 17.4. The summed E-state index contributed by atoms with van der Waals surface area (Å²) in [5, 5.41) is 8.98. The molecule has 0 unspecified atom stereocenters. The molecule has 3 rings (SSSR count). The van der Waals surface area contributed by atoms with E-state index in [1.54, 1.807) is 12.1 Å². The van der Waals surface area contributed by atoms with E-state index in [1.165, 1.54) is 16.9 Å². The van der Waals surface area contributed by atoms with Crippen molar-refractivity contribution < 1.29 is 14.7 Å². The third-order valence-electron chi connectivity index (χ3n) is 3.58. The summed E-state index contributed by atoms with van der Waals surface area (Å²) in [5.41, 5.74) is 3.15. The maximum absolute atomic E-state index is 11.8. The Hall–Kier alpha value is -1.95. The highest BCUT2D eigenvalue weighted by Crippen LogP contribution is 2.30. The lowest BCUT2D eigenvalue weighted by Crippen LogP contribution is -2.30. The van der Waals surface area contributed by atoms with Crippen LogP contribution in [-0.2, 0) is 4.79 Å². The third kappa shape index (κ3) is 2.06. The number of hydrogen-bond donors (Lipinski definition) is 1. The van der Waals surface area contributed by atoms with Crippen LogP contribution in [0.2, 0.25) is 0 Å². The largest absolute Gasteiger partial charge is 0.477 e. The highest BCUT2D eigenvalue weighted by Gasteiger charge is 2.31.